The zero-order chi connectivity index (χ0) is 16.9. The predicted molar refractivity (Wildman–Crippen MR) is 89.0 cm³/mol. The number of hydrogen-bond donors (Lipinski definition) is 1. The number of nitro groups is 1. The molecule has 0 saturated carbocycles. The molecule has 2 aromatic heterocycles. The summed E-state index contributed by atoms with van der Waals surface area (Å²) in [5.74, 6) is -0.995. The van der Waals surface area contributed by atoms with Gasteiger partial charge in [-0.25, -0.2) is 4.79 Å². The molecule has 1 N–H and O–H groups in total. The molecule has 3 aromatic rings. The Morgan fingerprint density at radius 2 is 2.04 bits per heavy atom. The molecule has 0 fully saturated rings. The van der Waals surface area contributed by atoms with Crippen molar-refractivity contribution in [1.29, 1.82) is 0 Å². The minimum atomic E-state index is -1.33. The van der Waals surface area contributed by atoms with E-state index in [2.05, 4.69) is 0 Å². The van der Waals surface area contributed by atoms with Crippen LogP contribution < -0.4 is 11.2 Å². The van der Waals surface area contributed by atoms with Crippen molar-refractivity contribution in [3.8, 4) is 5.75 Å². The third-order valence-electron chi connectivity index (χ3n) is 3.53. The maximum atomic E-state index is 12.6. The van der Waals surface area contributed by atoms with Crippen LogP contribution in [0.25, 0.3) is 21.9 Å². The van der Waals surface area contributed by atoms with E-state index in [4.69, 9.17) is 16.0 Å². The molecular formula is C14H9ClN2NaO6. The van der Waals surface area contributed by atoms with Crippen molar-refractivity contribution in [1.82, 2.24) is 4.57 Å². The molecule has 3 rings (SSSR count). The Hall–Kier alpha value is -1.87. The Bertz CT molecular complexity index is 1100. The number of hydrogen-bond acceptors (Lipinski definition) is 6. The fraction of sp³-hybridized carbons (Fsp3) is 0.143. The van der Waals surface area contributed by atoms with Gasteiger partial charge < -0.3 is 14.1 Å². The van der Waals surface area contributed by atoms with Crippen LogP contribution in [0.2, 0.25) is 5.02 Å². The Labute approximate surface area is 160 Å². The van der Waals surface area contributed by atoms with E-state index in [1.807, 2.05) is 0 Å². The molecule has 0 unspecified atom stereocenters. The van der Waals surface area contributed by atoms with Gasteiger partial charge in [-0.2, -0.15) is 0 Å². The molecule has 0 spiro atoms. The number of halogens is 1. The number of aryl methyl sites for hydroxylation is 1. The summed E-state index contributed by atoms with van der Waals surface area (Å²) < 4.78 is 6.24. The van der Waals surface area contributed by atoms with Crippen molar-refractivity contribution < 1.29 is 14.4 Å². The zero-order valence-electron chi connectivity index (χ0n) is 12.7. The van der Waals surface area contributed by atoms with Gasteiger partial charge in [0.15, 0.2) is 5.58 Å². The normalized spacial score (nSPS) is 10.8. The van der Waals surface area contributed by atoms with E-state index in [-0.39, 0.29) is 41.7 Å². The molecule has 24 heavy (non-hydrogen) atoms. The summed E-state index contributed by atoms with van der Waals surface area (Å²) in [6, 6.07) is 4.55. The van der Waals surface area contributed by atoms with Crippen molar-refractivity contribution in [2.45, 2.75) is 13.5 Å². The molecular weight excluding hydrogens is 351 g/mol. The third-order valence-corrected chi connectivity index (χ3v) is 3.76. The number of benzene rings is 1. The zero-order valence-corrected chi connectivity index (χ0v) is 15.5. The van der Waals surface area contributed by atoms with E-state index in [0.29, 0.717) is 15.9 Å². The minimum absolute atomic E-state index is 0. The van der Waals surface area contributed by atoms with Crippen LogP contribution in [-0.4, -0.2) is 44.2 Å². The van der Waals surface area contributed by atoms with Crippen molar-refractivity contribution in [2.24, 2.45) is 0 Å². The van der Waals surface area contributed by atoms with Crippen molar-refractivity contribution >= 4 is 68.7 Å². The molecule has 0 saturated heterocycles. The average molecular weight is 360 g/mol. The summed E-state index contributed by atoms with van der Waals surface area (Å²) in [4.78, 5) is 34.2. The molecule has 0 aliphatic heterocycles. The van der Waals surface area contributed by atoms with Crippen molar-refractivity contribution in [3.05, 3.63) is 54.1 Å². The van der Waals surface area contributed by atoms with E-state index in [0.717, 1.165) is 0 Å². The SMILES string of the molecule is CCn1c(=O)c2c(O)c([N+](=O)[O-])c(=O)oc2c2ccc(Cl)cc21.[Na]. The maximum absolute atomic E-state index is 12.6. The fourth-order valence-electron chi connectivity index (χ4n) is 2.54. The van der Waals surface area contributed by atoms with E-state index in [1.165, 1.54) is 22.8 Å². The molecule has 1 radical (unpaired) electrons. The largest absolute Gasteiger partial charge is 0.501 e. The van der Waals surface area contributed by atoms with Gasteiger partial charge in [-0.3, -0.25) is 14.9 Å². The number of aromatic hydroxyl groups is 1. The number of pyridine rings is 1. The van der Waals surface area contributed by atoms with Crippen LogP contribution in [0.4, 0.5) is 5.69 Å². The van der Waals surface area contributed by atoms with E-state index < -0.39 is 32.9 Å². The second-order valence-corrected chi connectivity index (χ2v) is 5.20. The van der Waals surface area contributed by atoms with E-state index >= 15 is 0 Å². The van der Waals surface area contributed by atoms with Gasteiger partial charge in [0.25, 0.3) is 5.56 Å². The fourth-order valence-corrected chi connectivity index (χ4v) is 2.71. The molecule has 0 aliphatic rings. The number of fused-ring (bicyclic) bond motifs is 3. The molecule has 0 bridgehead atoms. The van der Waals surface area contributed by atoms with Gasteiger partial charge in [-0.1, -0.05) is 11.6 Å². The molecule has 119 valence electrons. The first-order valence-electron chi connectivity index (χ1n) is 6.53. The molecule has 0 aliphatic carbocycles. The van der Waals surface area contributed by atoms with Crippen LogP contribution in [0.3, 0.4) is 0 Å². The summed E-state index contributed by atoms with van der Waals surface area (Å²) in [5, 5.41) is 21.3. The number of nitrogens with zero attached hydrogens (tertiary/aromatic N) is 2. The summed E-state index contributed by atoms with van der Waals surface area (Å²) in [5.41, 5.74) is -3.01. The summed E-state index contributed by atoms with van der Waals surface area (Å²) in [6.45, 7) is 1.93. The molecule has 8 nitrogen and oxygen atoms in total. The molecule has 0 atom stereocenters. The Kier molecular flexibility index (Phi) is 5.05. The van der Waals surface area contributed by atoms with Crippen LogP contribution in [0.5, 0.6) is 5.75 Å². The van der Waals surface area contributed by atoms with Gasteiger partial charge in [0.2, 0.25) is 5.75 Å². The van der Waals surface area contributed by atoms with Crippen LogP contribution in [-0.2, 0) is 6.54 Å². The van der Waals surface area contributed by atoms with Crippen LogP contribution in [0.1, 0.15) is 6.92 Å². The van der Waals surface area contributed by atoms with Gasteiger partial charge >= 0.3 is 11.3 Å². The van der Waals surface area contributed by atoms with E-state index in [1.54, 1.807) is 6.92 Å². The molecule has 1 aromatic carbocycles. The van der Waals surface area contributed by atoms with Crippen molar-refractivity contribution in [2.75, 3.05) is 0 Å². The predicted octanol–water partition coefficient (Wildman–Crippen LogP) is 2.01. The molecule has 0 amide bonds. The quantitative estimate of drug-likeness (QED) is 0.324. The summed E-state index contributed by atoms with van der Waals surface area (Å²) in [6.07, 6.45) is 0. The monoisotopic (exact) mass is 359 g/mol. The van der Waals surface area contributed by atoms with Gasteiger partial charge in [0.1, 0.15) is 5.39 Å². The molecule has 10 heteroatoms. The summed E-state index contributed by atoms with van der Waals surface area (Å²) >= 11 is 5.93. The van der Waals surface area contributed by atoms with Gasteiger partial charge in [-0.05, 0) is 25.1 Å². The van der Waals surface area contributed by atoms with Crippen LogP contribution >= 0.6 is 11.6 Å². The Morgan fingerprint density at radius 1 is 1.38 bits per heavy atom. The maximum Gasteiger partial charge on any atom is 0.419 e. The second kappa shape index (κ2) is 6.56. The number of aromatic nitrogens is 1. The van der Waals surface area contributed by atoms with Crippen LogP contribution in [0, 0.1) is 10.1 Å². The van der Waals surface area contributed by atoms with Crippen LogP contribution in [0.15, 0.2) is 32.2 Å². The smallest absolute Gasteiger partial charge is 0.419 e. The minimum Gasteiger partial charge on any atom is -0.501 e. The second-order valence-electron chi connectivity index (χ2n) is 4.76. The average Bonchev–Trinajstić information content (AvgIpc) is 2.46. The van der Waals surface area contributed by atoms with Gasteiger partial charge in [0, 0.05) is 46.5 Å². The first-order chi connectivity index (χ1) is 10.9. The first-order valence-corrected chi connectivity index (χ1v) is 6.90. The molecule has 2 heterocycles. The van der Waals surface area contributed by atoms with Crippen molar-refractivity contribution in [3.63, 3.8) is 0 Å². The Morgan fingerprint density at radius 3 is 2.62 bits per heavy atom. The first kappa shape index (κ1) is 18.5. The Balaban J connectivity index is 0.00000208. The van der Waals surface area contributed by atoms with Gasteiger partial charge in [0.05, 0.1) is 10.4 Å². The topological polar surface area (TPSA) is 116 Å². The number of rotatable bonds is 2. The van der Waals surface area contributed by atoms with Gasteiger partial charge in [-0.15, -0.1) is 0 Å². The summed E-state index contributed by atoms with van der Waals surface area (Å²) in [7, 11) is 0. The standard InChI is InChI=1S/C14H9ClN2O6.Na/c1-2-16-8-5-6(15)3-4-7(8)12-9(13(16)19)11(18)10(17(21)22)14(20)23-12;/h3-5,18H,2H2,1H3;. The third kappa shape index (κ3) is 2.61. The van der Waals surface area contributed by atoms with E-state index in [9.17, 15) is 24.8 Å².